The van der Waals surface area contributed by atoms with Gasteiger partial charge < -0.3 is 44.1 Å². The van der Waals surface area contributed by atoms with Gasteiger partial charge in [-0.25, -0.2) is 0 Å². The Labute approximate surface area is 734 Å². The molecule has 0 amide bonds. The number of aryl methyl sites for hydroxylation is 6. The third-order valence-electron chi connectivity index (χ3n) is 33.7. The third kappa shape index (κ3) is 25.2. The monoisotopic (exact) mass is 1640 g/mol. The quantitative estimate of drug-likeness (QED) is 0.162. The van der Waals surface area contributed by atoms with Gasteiger partial charge in [-0.15, -0.1) is 0 Å². The first-order valence-electron chi connectivity index (χ1n) is 45.4. The van der Waals surface area contributed by atoms with Crippen LogP contribution in [0, 0.1) is 233 Å². The third-order valence-corrected chi connectivity index (χ3v) is 33.7. The topological polar surface area (TPSA) is 0 Å². The van der Waals surface area contributed by atoms with Crippen molar-refractivity contribution < 1.29 is 65.4 Å². The molecule has 11 fully saturated rings. The van der Waals surface area contributed by atoms with Crippen LogP contribution in [0.5, 0.6) is 0 Å². The molecule has 12 aliphatic carbocycles. The van der Waals surface area contributed by atoms with Gasteiger partial charge in [-0.1, -0.05) is 267 Å². The molecule has 0 heterocycles. The first kappa shape index (κ1) is 104. The van der Waals surface area contributed by atoms with Gasteiger partial charge in [0.2, 0.25) is 0 Å². The predicted octanol–water partition coefficient (Wildman–Crippen LogP) is 32.9. The van der Waals surface area contributed by atoms with E-state index in [2.05, 4.69) is 212 Å². The molecule has 109 heavy (non-hydrogen) atoms. The van der Waals surface area contributed by atoms with E-state index in [0.717, 1.165) is 173 Å². The Morgan fingerprint density at radius 3 is 1.47 bits per heavy atom. The minimum Gasteiger partial charge on any atom is -0.358 e. The van der Waals surface area contributed by atoms with Crippen molar-refractivity contribution in [1.29, 1.82) is 0 Å². The standard InChI is InChI=1S/C24H42.C16H22.C15H26.C14H16.C12H22.C10H14.C9H18.C2H5.5CH3.2Y/c1-5-18-9-10-19-11-12-21(23(19)13-18)16(3)22-14-20-8-6-7-15(2)24(20)17(22)4;1-11-6-5-8-14-10-13-7-3-4-9-15(13)12(2)16(11)14;1-10-7-8-13-9-12-5-3-4-6-14(12)11(2)15(10)13;1-4-12-8-9-13-7-5-6-10(2)14(13)11(12)3;1-4-10-7-11-6-5-8(2)12(11)9(10)3;1-4-10-7-5-6-8(2)9(10)3;1-4-9-6-5-7(2)8(9)3;1-2;;;;;;;/h15-24H,5-14H2,1-4H3;5-6,8,12-13,15H,3-4,7,9-10H2,1-2H3;10-15H,3-9H2,1-2H3;5-9H,4H2,1-3H3;8-12H,4-7H2,1-3H3;5-7H,4H2,1-3H3;7-9H,4-6H2,1-3H3;1H2,2H3;5*1H3;;/q;;;;;;;6*-1;2*+3/t;12-,13-,15+;10?,11-,12-,13?,14+,15?;;;;;;;;;;;;/m.00............/s1. The van der Waals surface area contributed by atoms with Crippen molar-refractivity contribution in [2.75, 3.05) is 0 Å². The molecule has 21 unspecified atom stereocenters. The van der Waals surface area contributed by atoms with Crippen LogP contribution in [-0.4, -0.2) is 0 Å². The maximum absolute atomic E-state index is 3.25. The largest absolute Gasteiger partial charge is 3.00 e. The van der Waals surface area contributed by atoms with Gasteiger partial charge >= 0.3 is 65.4 Å². The summed E-state index contributed by atoms with van der Waals surface area (Å²) < 4.78 is 0. The molecule has 614 valence electrons. The molecule has 0 nitrogen and oxygen atoms in total. The Balaban J connectivity index is 0.000000434. The molecule has 4 aromatic carbocycles. The number of rotatable bonds is 7. The summed E-state index contributed by atoms with van der Waals surface area (Å²) in [6.07, 6.45) is 46.2. The second kappa shape index (κ2) is 50.3. The van der Waals surface area contributed by atoms with Crippen LogP contribution in [0.15, 0.2) is 66.7 Å². The zero-order chi connectivity index (χ0) is 73.6. The predicted molar refractivity (Wildman–Crippen MR) is 483 cm³/mol. The molecule has 4 aromatic rings. The Hall–Kier alpha value is -0.652. The van der Waals surface area contributed by atoms with Crippen molar-refractivity contribution in [3.8, 4) is 0 Å². The van der Waals surface area contributed by atoms with Crippen LogP contribution >= 0.6 is 0 Å². The van der Waals surface area contributed by atoms with E-state index in [9.17, 15) is 0 Å². The molecule has 16 rings (SSSR count). The van der Waals surface area contributed by atoms with E-state index in [1.54, 1.807) is 95.1 Å². The molecule has 12 aliphatic rings. The Morgan fingerprint density at radius 2 is 0.881 bits per heavy atom. The summed E-state index contributed by atoms with van der Waals surface area (Å²) in [6.45, 7) is 52.8. The summed E-state index contributed by atoms with van der Waals surface area (Å²) in [5, 5.41) is 2.80. The van der Waals surface area contributed by atoms with E-state index in [1.807, 2.05) is 0 Å². The van der Waals surface area contributed by atoms with Gasteiger partial charge in [-0.2, -0.15) is 6.92 Å². The minimum atomic E-state index is 0. The zero-order valence-corrected chi connectivity index (χ0v) is 82.9. The maximum atomic E-state index is 3.25. The molecule has 0 aliphatic heterocycles. The normalized spacial score (nSPS) is 35.8. The van der Waals surface area contributed by atoms with Crippen LogP contribution in [-0.2, 0) is 84.7 Å². The molecule has 27 atom stereocenters. The van der Waals surface area contributed by atoms with Crippen molar-refractivity contribution in [3.63, 3.8) is 0 Å². The van der Waals surface area contributed by atoms with E-state index < -0.39 is 0 Å². The molecule has 0 radical (unpaired) electrons. The second-order valence-corrected chi connectivity index (χ2v) is 38.5. The molecule has 11 saturated carbocycles. The maximum Gasteiger partial charge on any atom is 3.00 e. The van der Waals surface area contributed by atoms with E-state index in [-0.39, 0.29) is 103 Å². The summed E-state index contributed by atoms with van der Waals surface area (Å²) in [7, 11) is 0. The van der Waals surface area contributed by atoms with Crippen molar-refractivity contribution in [3.05, 3.63) is 161 Å². The second-order valence-electron chi connectivity index (χ2n) is 38.5. The fourth-order valence-electron chi connectivity index (χ4n) is 27.6. The number of benzene rings is 4. The van der Waals surface area contributed by atoms with Gasteiger partial charge in [0.1, 0.15) is 0 Å². The summed E-state index contributed by atoms with van der Waals surface area (Å²) in [5.41, 5.74) is 13.5. The molecule has 0 bridgehead atoms. The number of hydrogen-bond donors (Lipinski definition) is 0. The summed E-state index contributed by atoms with van der Waals surface area (Å²) in [4.78, 5) is 0. The van der Waals surface area contributed by atoms with E-state index in [1.165, 1.54) is 159 Å². The van der Waals surface area contributed by atoms with Crippen LogP contribution in [0.4, 0.5) is 0 Å². The SMILES string of the molecule is CC1CCC2C[C@@H]3CCCC[C@@H]3[C@H](C)C12.CCC1CC2CCC(C)C2C1C.CCC1CCC(C)C1C.CCC1CCC2CCC(C(C)C3CC4CCCC(C)C4C3C)C2C1.CCc1ccc2cccc(C)c2c1C.CCc1cccc(C)c1C.Cc1cccc2c1[C@@H](C)[C@H]1CCCC[C@H]1C2.[CH2-]C.[CH3-].[CH3-].[CH3-].[CH3-].[CH3-].[Y+3].[Y+3]. The number of hydrogen-bond acceptors (Lipinski definition) is 0. The molecule has 0 spiro atoms. The first-order chi connectivity index (χ1) is 49.1. The average molecular weight is 1640 g/mol. The summed E-state index contributed by atoms with van der Waals surface area (Å²) >= 11 is 0. The zero-order valence-electron chi connectivity index (χ0n) is 77.2. The Bertz CT molecular complexity index is 3110. The fraction of sp³-hybridized carbons (Fsp3) is 0.738. The first-order valence-corrected chi connectivity index (χ1v) is 45.4. The molecule has 2 heteroatoms. The molecule has 0 saturated heterocycles. The Morgan fingerprint density at radius 1 is 0.367 bits per heavy atom. The van der Waals surface area contributed by atoms with Crippen molar-refractivity contribution >= 4 is 10.8 Å². The minimum absolute atomic E-state index is 0. The van der Waals surface area contributed by atoms with Gasteiger partial charge in [0.05, 0.1) is 0 Å². The van der Waals surface area contributed by atoms with E-state index in [0.29, 0.717) is 0 Å². The average Bonchev–Trinajstić information content (AvgIpc) is 1.68. The van der Waals surface area contributed by atoms with Crippen molar-refractivity contribution in [2.24, 2.45) is 154 Å². The van der Waals surface area contributed by atoms with Crippen LogP contribution in [0.1, 0.15) is 347 Å². The van der Waals surface area contributed by atoms with Crippen LogP contribution in [0.25, 0.3) is 10.8 Å². The van der Waals surface area contributed by atoms with Crippen LogP contribution < -0.4 is 0 Å². The van der Waals surface area contributed by atoms with Crippen LogP contribution in [0.2, 0.25) is 0 Å². The van der Waals surface area contributed by atoms with Crippen molar-refractivity contribution in [2.45, 2.75) is 350 Å². The van der Waals surface area contributed by atoms with Gasteiger partial charge in [-0.3, -0.25) is 0 Å². The molecular formula is C107H180Y2. The Kier molecular flexibility index (Phi) is 48.2. The summed E-state index contributed by atoms with van der Waals surface area (Å²) in [5.74, 6) is 28.2. The van der Waals surface area contributed by atoms with E-state index in [4.69, 9.17) is 0 Å². The molecule has 0 aromatic heterocycles. The molecular weight excluding hydrogens is 1460 g/mol. The molecule has 0 N–H and O–H groups in total. The summed E-state index contributed by atoms with van der Waals surface area (Å²) in [6, 6.07) is 24.4. The number of fused-ring (bicyclic) bond motifs is 8. The van der Waals surface area contributed by atoms with E-state index >= 15 is 0 Å². The van der Waals surface area contributed by atoms with Gasteiger partial charge in [0, 0.05) is 0 Å². The van der Waals surface area contributed by atoms with Gasteiger partial charge in [0.25, 0.3) is 0 Å². The smallest absolute Gasteiger partial charge is 0.358 e. The van der Waals surface area contributed by atoms with Gasteiger partial charge in [0.15, 0.2) is 0 Å². The van der Waals surface area contributed by atoms with Crippen LogP contribution in [0.3, 0.4) is 0 Å². The van der Waals surface area contributed by atoms with Crippen molar-refractivity contribution in [1.82, 2.24) is 0 Å². The van der Waals surface area contributed by atoms with Gasteiger partial charge in [-0.05, 0) is 358 Å². The fourth-order valence-corrected chi connectivity index (χ4v) is 27.6.